The summed E-state index contributed by atoms with van der Waals surface area (Å²) in [6.07, 6.45) is 3.87. The second-order valence-corrected chi connectivity index (χ2v) is 10.6. The van der Waals surface area contributed by atoms with Gasteiger partial charge in [-0.25, -0.2) is 4.98 Å². The number of para-hydroxylation sites is 1. The quantitative estimate of drug-likeness (QED) is 0.0716. The lowest BCUT2D eigenvalue weighted by Crippen LogP contribution is -2.06. The number of fused-ring (bicyclic) bond motifs is 1. The van der Waals surface area contributed by atoms with Crippen molar-refractivity contribution in [3.8, 4) is 45.1 Å². The molecule has 5 rings (SSSR count). The van der Waals surface area contributed by atoms with Crippen molar-refractivity contribution in [1.29, 1.82) is 0 Å². The van der Waals surface area contributed by atoms with Crippen LogP contribution >= 0.6 is 11.3 Å². The first-order valence-electron chi connectivity index (χ1n) is 13.9. The highest BCUT2D eigenvalue weighted by molar-refractivity contribution is 7.21. The van der Waals surface area contributed by atoms with E-state index in [1.54, 1.807) is 36.7 Å². The number of allylic oxidation sites excluding steroid dienone is 1. The third-order valence-electron chi connectivity index (χ3n) is 6.75. The summed E-state index contributed by atoms with van der Waals surface area (Å²) in [4.78, 5) is 17.7. The number of nitrogens with zero attached hydrogens (tertiary/aromatic N) is 1. The van der Waals surface area contributed by atoms with Crippen LogP contribution in [0.25, 0.3) is 26.9 Å². The predicted molar refractivity (Wildman–Crippen MR) is 173 cm³/mol. The van der Waals surface area contributed by atoms with Crippen molar-refractivity contribution in [3.63, 3.8) is 0 Å². The van der Waals surface area contributed by atoms with Gasteiger partial charge < -0.3 is 28.4 Å². The van der Waals surface area contributed by atoms with Gasteiger partial charge >= 0.3 is 0 Å². The normalized spacial score (nSPS) is 11.0. The first-order chi connectivity index (χ1) is 21.5. The average Bonchev–Trinajstić information content (AvgIpc) is 3.51. The van der Waals surface area contributed by atoms with Gasteiger partial charge in [-0.3, -0.25) is 4.79 Å². The van der Waals surface area contributed by atoms with E-state index in [1.165, 1.54) is 27.4 Å². The zero-order valence-electron chi connectivity index (χ0n) is 25.0. The molecule has 0 N–H and O–H groups in total. The number of hydrogen-bond donors (Lipinski definition) is 0. The minimum Gasteiger partial charge on any atom is -0.493 e. The Bertz CT molecular complexity index is 1720. The molecule has 9 heteroatoms. The Balaban J connectivity index is 1.17. The van der Waals surface area contributed by atoms with E-state index < -0.39 is 0 Å². The molecule has 8 nitrogen and oxygen atoms in total. The number of aromatic nitrogens is 1. The number of ketones is 1. The van der Waals surface area contributed by atoms with Gasteiger partial charge in [-0.05, 0) is 60.2 Å². The van der Waals surface area contributed by atoms with Gasteiger partial charge in [0, 0.05) is 17.5 Å². The van der Waals surface area contributed by atoms with Crippen molar-refractivity contribution in [2.75, 3.05) is 41.7 Å². The number of carbonyl (C=O) groups is 1. The van der Waals surface area contributed by atoms with Gasteiger partial charge in [-0.2, -0.15) is 0 Å². The molecule has 0 fully saturated rings. The number of thiazole rings is 1. The van der Waals surface area contributed by atoms with Crippen LogP contribution in [0.4, 0.5) is 0 Å². The van der Waals surface area contributed by atoms with Crippen LogP contribution in [-0.2, 0) is 0 Å². The number of rotatable bonds is 14. The molecule has 0 atom stereocenters. The Hall–Kier alpha value is -5.02. The van der Waals surface area contributed by atoms with E-state index >= 15 is 0 Å². The van der Waals surface area contributed by atoms with Gasteiger partial charge in [-0.15, -0.1) is 11.3 Å². The zero-order chi connectivity index (χ0) is 30.9. The summed E-state index contributed by atoms with van der Waals surface area (Å²) >= 11 is 1.66. The van der Waals surface area contributed by atoms with Gasteiger partial charge in [0.25, 0.3) is 0 Å². The molecule has 0 bridgehead atoms. The van der Waals surface area contributed by atoms with Gasteiger partial charge in [0.2, 0.25) is 5.75 Å². The fourth-order valence-electron chi connectivity index (χ4n) is 4.55. The van der Waals surface area contributed by atoms with Crippen LogP contribution in [-0.4, -0.2) is 52.4 Å². The molecule has 44 heavy (non-hydrogen) atoms. The fourth-order valence-corrected chi connectivity index (χ4v) is 5.51. The molecule has 1 aromatic heterocycles. The van der Waals surface area contributed by atoms with E-state index in [-0.39, 0.29) is 5.78 Å². The van der Waals surface area contributed by atoms with E-state index in [1.807, 2.05) is 60.7 Å². The summed E-state index contributed by atoms with van der Waals surface area (Å²) < 4.78 is 34.7. The first kappa shape index (κ1) is 30.4. The Morgan fingerprint density at radius 1 is 0.750 bits per heavy atom. The molecule has 0 aliphatic heterocycles. The molecule has 0 radical (unpaired) electrons. The maximum absolute atomic E-state index is 13.0. The summed E-state index contributed by atoms with van der Waals surface area (Å²) in [6, 6.07) is 24.8. The molecule has 0 aliphatic carbocycles. The number of methoxy groups -OCH3 is 4. The van der Waals surface area contributed by atoms with Gasteiger partial charge in [0.05, 0.1) is 51.9 Å². The smallest absolute Gasteiger partial charge is 0.203 e. The van der Waals surface area contributed by atoms with Crippen LogP contribution in [0.5, 0.6) is 34.5 Å². The van der Waals surface area contributed by atoms with Crippen LogP contribution in [0.15, 0.2) is 84.9 Å². The van der Waals surface area contributed by atoms with Gasteiger partial charge in [0.1, 0.15) is 10.8 Å². The highest BCUT2D eigenvalue weighted by Crippen LogP contribution is 2.38. The molecule has 0 amide bonds. The Labute approximate surface area is 260 Å². The van der Waals surface area contributed by atoms with E-state index in [4.69, 9.17) is 33.4 Å². The second kappa shape index (κ2) is 14.4. The van der Waals surface area contributed by atoms with Crippen molar-refractivity contribution in [2.45, 2.75) is 6.42 Å². The number of carbonyl (C=O) groups excluding carboxylic acids is 1. The number of ether oxygens (including phenoxy) is 6. The SMILES string of the molecule is COc1ccc(C=CC(=O)c2cc(OC)c(OC)c(OC)c2)cc1OCCCOc1cccc(-c2nc3ccccc3s2)c1. The van der Waals surface area contributed by atoms with Crippen LogP contribution in [0.2, 0.25) is 0 Å². The molecule has 0 aliphatic rings. The predicted octanol–water partition coefficient (Wildman–Crippen LogP) is 7.74. The van der Waals surface area contributed by atoms with Crippen molar-refractivity contribution in [3.05, 3.63) is 96.1 Å². The monoisotopic (exact) mass is 611 g/mol. The Kier molecular flexibility index (Phi) is 9.99. The minimum atomic E-state index is -0.216. The molecule has 5 aromatic rings. The summed E-state index contributed by atoms with van der Waals surface area (Å²) in [5.41, 5.74) is 3.21. The lowest BCUT2D eigenvalue weighted by molar-refractivity contribution is 0.104. The van der Waals surface area contributed by atoms with E-state index in [9.17, 15) is 4.79 Å². The third-order valence-corrected chi connectivity index (χ3v) is 7.84. The van der Waals surface area contributed by atoms with Crippen LogP contribution in [0.3, 0.4) is 0 Å². The zero-order valence-corrected chi connectivity index (χ0v) is 25.8. The molecule has 0 saturated carbocycles. The van der Waals surface area contributed by atoms with E-state index in [2.05, 4.69) is 6.07 Å². The van der Waals surface area contributed by atoms with Crippen molar-refractivity contribution < 1.29 is 33.2 Å². The highest BCUT2D eigenvalue weighted by Gasteiger charge is 2.16. The summed E-state index contributed by atoms with van der Waals surface area (Å²) in [5, 5.41) is 0.964. The fraction of sp³-hybridized carbons (Fsp3) is 0.200. The highest BCUT2D eigenvalue weighted by atomic mass is 32.1. The Morgan fingerprint density at radius 2 is 1.50 bits per heavy atom. The number of benzene rings is 4. The maximum Gasteiger partial charge on any atom is 0.203 e. The topological polar surface area (TPSA) is 85.3 Å². The molecule has 0 spiro atoms. The molecule has 226 valence electrons. The van der Waals surface area contributed by atoms with Crippen LogP contribution in [0.1, 0.15) is 22.3 Å². The molecule has 0 unspecified atom stereocenters. The van der Waals surface area contributed by atoms with E-state index in [0.29, 0.717) is 53.9 Å². The lowest BCUT2D eigenvalue weighted by Gasteiger charge is -2.13. The average molecular weight is 612 g/mol. The third kappa shape index (κ3) is 7.12. The minimum absolute atomic E-state index is 0.216. The Morgan fingerprint density at radius 3 is 2.23 bits per heavy atom. The van der Waals surface area contributed by atoms with Crippen molar-refractivity contribution in [1.82, 2.24) is 4.98 Å². The van der Waals surface area contributed by atoms with Crippen LogP contribution in [0, 0.1) is 0 Å². The molecule has 4 aromatic carbocycles. The summed E-state index contributed by atoms with van der Waals surface area (Å²) in [7, 11) is 6.13. The van der Waals surface area contributed by atoms with Gasteiger partial charge in [-0.1, -0.05) is 36.4 Å². The largest absolute Gasteiger partial charge is 0.493 e. The van der Waals surface area contributed by atoms with Gasteiger partial charge in [0.15, 0.2) is 28.8 Å². The standard InChI is InChI=1S/C35H33NO7S/c1-38-29-16-14-23(13-15-28(37)25-21-31(39-2)34(41-4)32(22-25)40-3)19-30(29)43-18-8-17-42-26-10-7-9-24(20-26)35-36-27-11-5-6-12-33(27)44-35/h5-7,9-16,19-22H,8,17-18H2,1-4H3. The van der Waals surface area contributed by atoms with Crippen LogP contribution < -0.4 is 28.4 Å². The number of hydrogen-bond acceptors (Lipinski definition) is 9. The molecular formula is C35H33NO7S. The van der Waals surface area contributed by atoms with E-state index in [0.717, 1.165) is 32.1 Å². The molecule has 1 heterocycles. The summed E-state index contributed by atoms with van der Waals surface area (Å²) in [5.74, 6) is 2.99. The first-order valence-corrected chi connectivity index (χ1v) is 14.8. The molecule has 0 saturated heterocycles. The van der Waals surface area contributed by atoms with Crippen molar-refractivity contribution >= 4 is 33.4 Å². The second-order valence-electron chi connectivity index (χ2n) is 9.59. The molecular weight excluding hydrogens is 578 g/mol. The maximum atomic E-state index is 13.0. The van der Waals surface area contributed by atoms with Crippen molar-refractivity contribution in [2.24, 2.45) is 0 Å². The summed E-state index contributed by atoms with van der Waals surface area (Å²) in [6.45, 7) is 0.903. The lowest BCUT2D eigenvalue weighted by atomic mass is 10.1.